The maximum absolute atomic E-state index is 9.85. The molecule has 0 saturated carbocycles. The van der Waals surface area contributed by atoms with Gasteiger partial charge >= 0.3 is 0 Å². The van der Waals surface area contributed by atoms with Crippen molar-refractivity contribution in [2.24, 2.45) is 0 Å². The second kappa shape index (κ2) is 14.9. The lowest BCUT2D eigenvalue weighted by Crippen LogP contribution is -2.19. The van der Waals surface area contributed by atoms with E-state index in [-0.39, 0.29) is 26.4 Å². The first-order valence-corrected chi connectivity index (χ1v) is 18.6. The van der Waals surface area contributed by atoms with Crippen LogP contribution in [0.25, 0.3) is 22.3 Å². The molecule has 0 amide bonds. The molecular formula is C48H40N4O4. The van der Waals surface area contributed by atoms with Crippen LogP contribution in [0.5, 0.6) is 0 Å². The summed E-state index contributed by atoms with van der Waals surface area (Å²) in [6, 6.07) is 48.7. The molecule has 8 N–H and O–H groups in total. The minimum atomic E-state index is -0.0426. The van der Waals surface area contributed by atoms with Crippen molar-refractivity contribution in [1.29, 1.82) is 0 Å². The number of aromatic nitrogens is 4. The van der Waals surface area contributed by atoms with Crippen LogP contribution in [0.15, 0.2) is 146 Å². The first kappa shape index (κ1) is 35.0. The number of aromatic amines is 4. The summed E-state index contributed by atoms with van der Waals surface area (Å²) >= 11 is 0. The second-order valence-corrected chi connectivity index (χ2v) is 14.1. The van der Waals surface area contributed by atoms with Crippen LogP contribution in [0, 0.1) is 0 Å². The molecule has 8 aromatic rings. The van der Waals surface area contributed by atoms with Crippen LogP contribution >= 0.6 is 0 Å². The van der Waals surface area contributed by atoms with E-state index in [4.69, 9.17) is 0 Å². The summed E-state index contributed by atoms with van der Waals surface area (Å²) in [4.78, 5) is 15.1. The summed E-state index contributed by atoms with van der Waals surface area (Å²) in [7, 11) is 0. The molecule has 8 bridgehead atoms. The molecule has 0 atom stereocenters. The highest BCUT2D eigenvalue weighted by Crippen LogP contribution is 2.28. The molecule has 4 aromatic carbocycles. The molecule has 0 spiro atoms. The third-order valence-corrected chi connectivity index (χ3v) is 10.6. The first-order chi connectivity index (χ1) is 27.5. The maximum Gasteiger partial charge on any atom is 0.0681 e. The Labute approximate surface area is 322 Å². The van der Waals surface area contributed by atoms with Gasteiger partial charge in [-0.1, -0.05) is 97.1 Å². The van der Waals surface area contributed by atoms with Gasteiger partial charge < -0.3 is 40.4 Å². The highest BCUT2D eigenvalue weighted by atomic mass is 16.3. The van der Waals surface area contributed by atoms with Crippen molar-refractivity contribution < 1.29 is 20.4 Å². The van der Waals surface area contributed by atoms with Gasteiger partial charge in [0.05, 0.1) is 26.4 Å². The zero-order valence-electron chi connectivity index (χ0n) is 30.5. The largest absolute Gasteiger partial charge is 0.392 e. The normalized spacial score (nSPS) is 12.8. The number of hydrogen-bond donors (Lipinski definition) is 8. The van der Waals surface area contributed by atoms with Crippen LogP contribution in [0.2, 0.25) is 0 Å². The molecule has 8 heteroatoms. The van der Waals surface area contributed by atoms with Crippen LogP contribution in [0.1, 0.15) is 67.3 Å². The van der Waals surface area contributed by atoms with Gasteiger partial charge in [0.15, 0.2) is 0 Å². The topological polar surface area (TPSA) is 144 Å². The van der Waals surface area contributed by atoms with Crippen LogP contribution < -0.4 is 21.4 Å². The second-order valence-electron chi connectivity index (χ2n) is 14.1. The van der Waals surface area contributed by atoms with Crippen molar-refractivity contribution in [1.82, 2.24) is 19.9 Å². The van der Waals surface area contributed by atoms with E-state index in [1.807, 2.05) is 97.1 Å². The molecule has 0 radical (unpaired) electrons. The molecule has 0 aliphatic carbocycles. The number of nitrogens with one attached hydrogen (secondary N) is 4. The lowest BCUT2D eigenvalue weighted by atomic mass is 10.0. The van der Waals surface area contributed by atoms with Crippen LogP contribution in [0.3, 0.4) is 0 Å². The van der Waals surface area contributed by atoms with Crippen molar-refractivity contribution >= 4 is 22.3 Å². The molecule has 5 heterocycles. The first-order valence-electron chi connectivity index (χ1n) is 18.6. The number of fused-ring (bicyclic) bond motifs is 8. The predicted octanol–water partition coefficient (Wildman–Crippen LogP) is 4.27. The van der Waals surface area contributed by atoms with E-state index in [0.717, 1.165) is 111 Å². The summed E-state index contributed by atoms with van der Waals surface area (Å²) in [5.41, 5.74) is 14.7. The van der Waals surface area contributed by atoms with Gasteiger partial charge in [-0.05, 0) is 93.0 Å². The molecular weight excluding hydrogens is 697 g/mol. The molecule has 8 nitrogen and oxygen atoms in total. The minimum Gasteiger partial charge on any atom is -0.392 e. The summed E-state index contributed by atoms with van der Waals surface area (Å²) in [6.07, 6.45) is 0. The third kappa shape index (κ3) is 6.46. The van der Waals surface area contributed by atoms with Gasteiger partial charge in [-0.15, -0.1) is 0 Å². The van der Waals surface area contributed by atoms with Gasteiger partial charge in [0.1, 0.15) is 0 Å². The fourth-order valence-electron chi connectivity index (χ4n) is 7.68. The van der Waals surface area contributed by atoms with Gasteiger partial charge in [-0.2, -0.15) is 0 Å². The fraction of sp³-hybridized carbons (Fsp3) is 0.0833. The molecule has 0 unspecified atom stereocenters. The third-order valence-electron chi connectivity index (χ3n) is 10.6. The lowest BCUT2D eigenvalue weighted by Gasteiger charge is -2.11. The van der Waals surface area contributed by atoms with Crippen molar-refractivity contribution in [3.8, 4) is 0 Å². The highest BCUT2D eigenvalue weighted by Gasteiger charge is 2.18. The Balaban J connectivity index is 1.40. The predicted molar refractivity (Wildman–Crippen MR) is 218 cm³/mol. The maximum atomic E-state index is 9.85. The summed E-state index contributed by atoms with van der Waals surface area (Å²) in [6.45, 7) is -0.170. The quantitative estimate of drug-likeness (QED) is 0.118. The fourth-order valence-corrected chi connectivity index (χ4v) is 7.68. The van der Waals surface area contributed by atoms with Crippen molar-refractivity contribution in [2.45, 2.75) is 26.4 Å². The minimum absolute atomic E-state index is 0.0426. The lowest BCUT2D eigenvalue weighted by molar-refractivity contribution is 0.281. The molecule has 0 fully saturated rings. The van der Waals surface area contributed by atoms with Crippen molar-refractivity contribution in [3.05, 3.63) is 234 Å². The Morgan fingerprint density at radius 1 is 0.250 bits per heavy atom. The van der Waals surface area contributed by atoms with Gasteiger partial charge in [0.25, 0.3) is 0 Å². The van der Waals surface area contributed by atoms with Crippen molar-refractivity contribution in [2.75, 3.05) is 0 Å². The van der Waals surface area contributed by atoms with E-state index in [9.17, 15) is 20.4 Å². The van der Waals surface area contributed by atoms with E-state index in [0.29, 0.717) is 0 Å². The SMILES string of the molecule is OCc1ccc(C2=c3ccc([nH]3)=C(c3ccc(CO)cc3)c3ccc([nH]3)C(c3ccc(CO)cc3)=c3ccc([nH]3)=C(c3ccc(CO)cc3)c3ccc2[nH]3)cc1. The summed E-state index contributed by atoms with van der Waals surface area (Å²) in [5, 5.41) is 43.0. The van der Waals surface area contributed by atoms with Gasteiger partial charge in [0.2, 0.25) is 0 Å². The number of aliphatic hydroxyl groups is 4. The van der Waals surface area contributed by atoms with E-state index < -0.39 is 0 Å². The Bertz CT molecular complexity index is 2530. The van der Waals surface area contributed by atoms with Gasteiger partial charge in [-0.3, -0.25) is 0 Å². The summed E-state index contributed by atoms with van der Waals surface area (Å²) < 4.78 is 0. The number of hydrogen-bond acceptors (Lipinski definition) is 4. The molecule has 1 aliphatic heterocycles. The van der Waals surface area contributed by atoms with E-state index in [1.165, 1.54) is 0 Å². The monoisotopic (exact) mass is 736 g/mol. The number of rotatable bonds is 8. The summed E-state index contributed by atoms with van der Waals surface area (Å²) in [5.74, 6) is 0. The van der Waals surface area contributed by atoms with Crippen LogP contribution in [-0.4, -0.2) is 40.4 Å². The number of benzene rings is 4. The van der Waals surface area contributed by atoms with Crippen LogP contribution in [0.4, 0.5) is 0 Å². The molecule has 0 saturated heterocycles. The average molecular weight is 737 g/mol. The molecule has 9 rings (SSSR count). The Hall–Kier alpha value is -6.68. The number of aliphatic hydroxyl groups excluding tert-OH is 4. The Kier molecular flexibility index (Phi) is 9.30. The standard InChI is InChI=1S/C48H40N4O4/c53-25-29-1-9-33(10-2-29)45-37-17-19-39(49-37)46(34-11-3-30(26-54)4-12-34)41-21-23-43(51-41)48(36-15-7-32(28-56)8-16-36)44-24-22-42(52-44)47(40-20-18-38(45)50-40)35-13-5-31(27-55)6-14-35/h1-24,49-56H,25-28H2. The smallest absolute Gasteiger partial charge is 0.0681 e. The van der Waals surface area contributed by atoms with Crippen molar-refractivity contribution in [3.63, 3.8) is 0 Å². The molecule has 56 heavy (non-hydrogen) atoms. The van der Waals surface area contributed by atoms with Gasteiger partial charge in [0, 0.05) is 66.5 Å². The number of H-pyrrole nitrogens is 4. The molecule has 276 valence electrons. The molecule has 4 aromatic heterocycles. The Morgan fingerprint density at radius 2 is 0.464 bits per heavy atom. The van der Waals surface area contributed by atoms with E-state index >= 15 is 0 Å². The zero-order valence-corrected chi connectivity index (χ0v) is 30.5. The highest BCUT2D eigenvalue weighted by molar-refractivity contribution is 5.84. The molecule has 1 aliphatic rings. The van der Waals surface area contributed by atoms with E-state index in [1.54, 1.807) is 0 Å². The van der Waals surface area contributed by atoms with Crippen LogP contribution in [-0.2, 0) is 26.4 Å². The Morgan fingerprint density at radius 3 is 0.661 bits per heavy atom. The van der Waals surface area contributed by atoms with E-state index in [2.05, 4.69) is 68.5 Å². The average Bonchev–Trinajstić information content (AvgIpc) is 4.10. The zero-order chi connectivity index (χ0) is 38.2. The van der Waals surface area contributed by atoms with Gasteiger partial charge in [-0.25, -0.2) is 0 Å².